The number of aromatic nitrogens is 4. The van der Waals surface area contributed by atoms with Crippen LogP contribution in [0.15, 0.2) is 12.5 Å². The van der Waals surface area contributed by atoms with Crippen molar-refractivity contribution < 1.29 is 0 Å². The Morgan fingerprint density at radius 3 is 2.62 bits per heavy atom. The Morgan fingerprint density at radius 1 is 1.38 bits per heavy atom. The molecule has 5 heteroatoms. The lowest BCUT2D eigenvalue weighted by Gasteiger charge is -2.08. The van der Waals surface area contributed by atoms with Gasteiger partial charge in [0.15, 0.2) is 5.82 Å². The number of rotatable bonds is 2. The van der Waals surface area contributed by atoms with Crippen molar-refractivity contribution in [1.82, 2.24) is 19.5 Å². The van der Waals surface area contributed by atoms with Crippen LogP contribution in [-0.2, 0) is 13.5 Å². The van der Waals surface area contributed by atoms with Gasteiger partial charge in [-0.05, 0) is 13.3 Å². The van der Waals surface area contributed by atoms with E-state index >= 15 is 0 Å². The van der Waals surface area contributed by atoms with E-state index in [1.54, 1.807) is 12.5 Å². The van der Waals surface area contributed by atoms with Gasteiger partial charge in [0.05, 0.1) is 12.5 Å². The summed E-state index contributed by atoms with van der Waals surface area (Å²) in [7, 11) is 1.91. The van der Waals surface area contributed by atoms with Gasteiger partial charge < -0.3 is 10.3 Å². The van der Waals surface area contributed by atoms with Crippen LogP contribution in [0.1, 0.15) is 18.2 Å². The molecule has 2 aromatic rings. The van der Waals surface area contributed by atoms with Gasteiger partial charge in [-0.25, -0.2) is 15.0 Å². The fourth-order valence-corrected chi connectivity index (χ4v) is 1.74. The molecule has 0 aliphatic rings. The van der Waals surface area contributed by atoms with E-state index in [2.05, 4.69) is 15.0 Å². The van der Waals surface area contributed by atoms with Crippen LogP contribution in [0.3, 0.4) is 0 Å². The van der Waals surface area contributed by atoms with Crippen molar-refractivity contribution in [3.63, 3.8) is 0 Å². The molecule has 0 fully saturated rings. The van der Waals surface area contributed by atoms with Crippen molar-refractivity contribution in [2.75, 3.05) is 5.73 Å². The first-order valence-corrected chi connectivity index (χ1v) is 5.23. The smallest absolute Gasteiger partial charge is 0.180 e. The summed E-state index contributed by atoms with van der Waals surface area (Å²) < 4.78 is 1.87. The summed E-state index contributed by atoms with van der Waals surface area (Å²) in [4.78, 5) is 12.8. The number of hydrogen-bond acceptors (Lipinski definition) is 4. The molecule has 2 aromatic heterocycles. The van der Waals surface area contributed by atoms with Gasteiger partial charge in [-0.3, -0.25) is 0 Å². The van der Waals surface area contributed by atoms with Crippen LogP contribution in [0.4, 0.5) is 5.82 Å². The van der Waals surface area contributed by atoms with Crippen LogP contribution in [0.25, 0.3) is 11.5 Å². The maximum absolute atomic E-state index is 5.91. The molecule has 2 rings (SSSR count). The standard InChI is InChI=1S/C11H15N5/c1-4-8-7(2)14-11(15-10(8)12)9-5-13-6-16(9)3/h5-6H,4H2,1-3H3,(H2,12,14,15). The Kier molecular flexibility index (Phi) is 2.60. The quantitative estimate of drug-likeness (QED) is 0.823. The van der Waals surface area contributed by atoms with Gasteiger partial charge in [0.1, 0.15) is 11.5 Å². The predicted molar refractivity (Wildman–Crippen MR) is 62.8 cm³/mol. The Labute approximate surface area is 94.4 Å². The molecule has 0 unspecified atom stereocenters. The molecule has 0 aliphatic carbocycles. The number of imidazole rings is 1. The molecule has 0 saturated carbocycles. The van der Waals surface area contributed by atoms with E-state index in [-0.39, 0.29) is 0 Å². The largest absolute Gasteiger partial charge is 0.383 e. The first-order valence-electron chi connectivity index (χ1n) is 5.23. The van der Waals surface area contributed by atoms with E-state index < -0.39 is 0 Å². The number of nitrogens with zero attached hydrogens (tertiary/aromatic N) is 4. The van der Waals surface area contributed by atoms with Crippen LogP contribution >= 0.6 is 0 Å². The maximum atomic E-state index is 5.91. The van der Waals surface area contributed by atoms with E-state index in [0.717, 1.165) is 23.4 Å². The van der Waals surface area contributed by atoms with E-state index in [0.29, 0.717) is 11.6 Å². The highest BCUT2D eigenvalue weighted by atomic mass is 15.1. The maximum Gasteiger partial charge on any atom is 0.180 e. The third kappa shape index (κ3) is 1.64. The number of nitrogen functional groups attached to an aromatic ring is 1. The molecule has 0 radical (unpaired) electrons. The lowest BCUT2D eigenvalue weighted by Crippen LogP contribution is -2.05. The van der Waals surface area contributed by atoms with Crippen LogP contribution < -0.4 is 5.73 Å². The third-order valence-corrected chi connectivity index (χ3v) is 2.65. The highest BCUT2D eigenvalue weighted by Gasteiger charge is 2.11. The molecule has 0 spiro atoms. The Bertz CT molecular complexity index is 492. The van der Waals surface area contributed by atoms with Gasteiger partial charge in [-0.1, -0.05) is 6.92 Å². The van der Waals surface area contributed by atoms with E-state index in [1.807, 2.05) is 25.5 Å². The Balaban J connectivity index is 2.57. The Hall–Kier alpha value is -1.91. The number of nitrogens with two attached hydrogens (primary N) is 1. The molecular weight excluding hydrogens is 202 g/mol. The van der Waals surface area contributed by atoms with Gasteiger partial charge in [0, 0.05) is 18.3 Å². The summed E-state index contributed by atoms with van der Waals surface area (Å²) in [6, 6.07) is 0. The fourth-order valence-electron chi connectivity index (χ4n) is 1.74. The molecule has 0 amide bonds. The summed E-state index contributed by atoms with van der Waals surface area (Å²) in [6.07, 6.45) is 4.31. The van der Waals surface area contributed by atoms with Gasteiger partial charge >= 0.3 is 0 Å². The summed E-state index contributed by atoms with van der Waals surface area (Å²) in [5, 5.41) is 0. The van der Waals surface area contributed by atoms with Gasteiger partial charge in [0.25, 0.3) is 0 Å². The van der Waals surface area contributed by atoms with E-state index in [9.17, 15) is 0 Å². The van der Waals surface area contributed by atoms with Gasteiger partial charge in [-0.15, -0.1) is 0 Å². The summed E-state index contributed by atoms with van der Waals surface area (Å²) in [5.74, 6) is 1.19. The zero-order valence-electron chi connectivity index (χ0n) is 9.73. The highest BCUT2D eigenvalue weighted by molar-refractivity contribution is 5.54. The Morgan fingerprint density at radius 2 is 2.12 bits per heavy atom. The summed E-state index contributed by atoms with van der Waals surface area (Å²) in [5.41, 5.74) is 8.74. The lowest BCUT2D eigenvalue weighted by molar-refractivity contribution is 0.901. The second kappa shape index (κ2) is 3.92. The molecule has 5 nitrogen and oxygen atoms in total. The first-order chi connectivity index (χ1) is 7.63. The number of hydrogen-bond donors (Lipinski definition) is 1. The highest BCUT2D eigenvalue weighted by Crippen LogP contribution is 2.19. The minimum Gasteiger partial charge on any atom is -0.383 e. The second-order valence-electron chi connectivity index (χ2n) is 3.74. The average Bonchev–Trinajstić information content (AvgIpc) is 2.64. The third-order valence-electron chi connectivity index (χ3n) is 2.65. The van der Waals surface area contributed by atoms with Crippen molar-refractivity contribution in [3.8, 4) is 11.5 Å². The number of anilines is 1. The van der Waals surface area contributed by atoms with Crippen molar-refractivity contribution in [2.45, 2.75) is 20.3 Å². The van der Waals surface area contributed by atoms with Crippen molar-refractivity contribution in [2.24, 2.45) is 7.05 Å². The molecule has 0 bridgehead atoms. The van der Waals surface area contributed by atoms with Crippen molar-refractivity contribution in [1.29, 1.82) is 0 Å². The summed E-state index contributed by atoms with van der Waals surface area (Å²) >= 11 is 0. The minimum atomic E-state index is 0.561. The van der Waals surface area contributed by atoms with Crippen LogP contribution in [0.5, 0.6) is 0 Å². The van der Waals surface area contributed by atoms with E-state index in [1.165, 1.54) is 0 Å². The molecule has 16 heavy (non-hydrogen) atoms. The summed E-state index contributed by atoms with van der Waals surface area (Å²) in [6.45, 7) is 4.00. The lowest BCUT2D eigenvalue weighted by atomic mass is 10.1. The molecule has 0 aromatic carbocycles. The monoisotopic (exact) mass is 217 g/mol. The SMILES string of the molecule is CCc1c(C)nc(-c2cncn2C)nc1N. The van der Waals surface area contributed by atoms with Crippen molar-refractivity contribution >= 4 is 5.82 Å². The molecular formula is C11H15N5. The van der Waals surface area contributed by atoms with E-state index in [4.69, 9.17) is 5.73 Å². The second-order valence-corrected chi connectivity index (χ2v) is 3.74. The van der Waals surface area contributed by atoms with Crippen LogP contribution in [-0.4, -0.2) is 19.5 Å². The molecule has 0 aliphatic heterocycles. The topological polar surface area (TPSA) is 69.6 Å². The zero-order valence-corrected chi connectivity index (χ0v) is 9.73. The molecule has 2 N–H and O–H groups in total. The average molecular weight is 217 g/mol. The number of aryl methyl sites for hydroxylation is 2. The molecule has 84 valence electrons. The van der Waals surface area contributed by atoms with Crippen LogP contribution in [0, 0.1) is 6.92 Å². The predicted octanol–water partition coefficient (Wildman–Crippen LogP) is 1.33. The fraction of sp³-hybridized carbons (Fsp3) is 0.364. The molecule has 2 heterocycles. The van der Waals surface area contributed by atoms with Crippen molar-refractivity contribution in [3.05, 3.63) is 23.8 Å². The molecule has 0 atom stereocenters. The first kappa shape index (κ1) is 10.6. The molecule has 0 saturated heterocycles. The van der Waals surface area contributed by atoms with Gasteiger partial charge in [-0.2, -0.15) is 0 Å². The normalized spacial score (nSPS) is 10.7. The van der Waals surface area contributed by atoms with Gasteiger partial charge in [0.2, 0.25) is 0 Å². The minimum absolute atomic E-state index is 0.561. The zero-order chi connectivity index (χ0) is 11.7. The van der Waals surface area contributed by atoms with Crippen LogP contribution in [0.2, 0.25) is 0 Å².